The zero-order valence-corrected chi connectivity index (χ0v) is 16.2. The monoisotopic (exact) mass is 410 g/mol. The zero-order chi connectivity index (χ0) is 20.2. The van der Waals surface area contributed by atoms with Gasteiger partial charge in [0.1, 0.15) is 0 Å². The summed E-state index contributed by atoms with van der Waals surface area (Å²) in [7, 11) is 0. The molecule has 1 saturated heterocycles. The lowest BCUT2D eigenvalue weighted by Gasteiger charge is -2.25. The first-order chi connectivity index (χ1) is 14.1. The van der Waals surface area contributed by atoms with E-state index in [1.54, 1.807) is 35.6 Å². The Morgan fingerprint density at radius 1 is 1.24 bits per heavy atom. The second-order valence-electron chi connectivity index (χ2n) is 6.42. The summed E-state index contributed by atoms with van der Waals surface area (Å²) in [5.74, 6) is -0.361. The number of ether oxygens (including phenoxy) is 1. The molecule has 1 aliphatic heterocycles. The number of para-hydroxylation sites is 1. The molecule has 1 amide bonds. The van der Waals surface area contributed by atoms with E-state index in [4.69, 9.17) is 4.74 Å². The fourth-order valence-electron chi connectivity index (χ4n) is 3.02. The minimum Gasteiger partial charge on any atom is -0.378 e. The SMILES string of the molecule is O=C(/C=C/c1ccccc1[N+](=O)[O-])Nc1ccc2nc(N3CCOCC3)sc2c1. The minimum atomic E-state index is -0.471. The van der Waals surface area contributed by atoms with E-state index in [1.165, 1.54) is 18.2 Å². The molecule has 148 valence electrons. The number of nitro groups is 1. The van der Waals surface area contributed by atoms with Crippen LogP contribution in [0.1, 0.15) is 5.56 Å². The van der Waals surface area contributed by atoms with Crippen LogP contribution < -0.4 is 10.2 Å². The van der Waals surface area contributed by atoms with E-state index in [-0.39, 0.29) is 11.6 Å². The molecule has 0 aliphatic carbocycles. The number of hydrogen-bond acceptors (Lipinski definition) is 7. The molecule has 0 unspecified atom stereocenters. The van der Waals surface area contributed by atoms with Gasteiger partial charge in [0.15, 0.2) is 5.13 Å². The highest BCUT2D eigenvalue weighted by Gasteiger charge is 2.16. The fourth-order valence-corrected chi connectivity index (χ4v) is 4.08. The summed E-state index contributed by atoms with van der Waals surface area (Å²) in [4.78, 5) is 29.7. The smallest absolute Gasteiger partial charge is 0.276 e. The van der Waals surface area contributed by atoms with Crippen LogP contribution in [0.5, 0.6) is 0 Å². The number of hydrogen-bond donors (Lipinski definition) is 1. The van der Waals surface area contributed by atoms with E-state index >= 15 is 0 Å². The van der Waals surface area contributed by atoms with Gasteiger partial charge in [0.2, 0.25) is 5.91 Å². The maximum atomic E-state index is 12.3. The van der Waals surface area contributed by atoms with E-state index in [0.29, 0.717) is 24.5 Å². The Bertz CT molecular complexity index is 1090. The fraction of sp³-hybridized carbons (Fsp3) is 0.200. The van der Waals surface area contributed by atoms with E-state index in [1.807, 2.05) is 12.1 Å². The van der Waals surface area contributed by atoms with Crippen LogP contribution in [0.25, 0.3) is 16.3 Å². The van der Waals surface area contributed by atoms with Crippen LogP contribution in [0.15, 0.2) is 48.5 Å². The number of benzene rings is 2. The second kappa shape index (κ2) is 8.38. The van der Waals surface area contributed by atoms with Crippen molar-refractivity contribution >= 4 is 50.0 Å². The number of nitro benzene ring substituents is 1. The summed E-state index contributed by atoms with van der Waals surface area (Å²) in [6.07, 6.45) is 2.73. The molecule has 0 bridgehead atoms. The van der Waals surface area contributed by atoms with Crippen molar-refractivity contribution in [3.63, 3.8) is 0 Å². The minimum absolute atomic E-state index is 0.0433. The molecule has 0 spiro atoms. The van der Waals surface area contributed by atoms with Crippen LogP contribution in [0.2, 0.25) is 0 Å². The number of morpholine rings is 1. The largest absolute Gasteiger partial charge is 0.378 e. The third-order valence-electron chi connectivity index (χ3n) is 4.47. The number of thiazole rings is 1. The van der Waals surface area contributed by atoms with Crippen LogP contribution in [0.3, 0.4) is 0 Å². The maximum absolute atomic E-state index is 12.3. The molecule has 8 nitrogen and oxygen atoms in total. The Kier molecular flexibility index (Phi) is 5.50. The first-order valence-corrected chi connectivity index (χ1v) is 9.87. The summed E-state index contributed by atoms with van der Waals surface area (Å²) < 4.78 is 6.36. The number of nitrogens with zero attached hydrogens (tertiary/aromatic N) is 3. The number of carbonyl (C=O) groups excluding carboxylic acids is 1. The topological polar surface area (TPSA) is 97.6 Å². The molecule has 4 rings (SSSR count). The molecule has 0 atom stereocenters. The number of amides is 1. The van der Waals surface area contributed by atoms with Crippen LogP contribution in [0.4, 0.5) is 16.5 Å². The van der Waals surface area contributed by atoms with Gasteiger partial charge >= 0.3 is 0 Å². The molecular formula is C20H18N4O4S. The van der Waals surface area contributed by atoms with Crippen molar-refractivity contribution in [3.05, 3.63) is 64.2 Å². The highest BCUT2D eigenvalue weighted by molar-refractivity contribution is 7.22. The van der Waals surface area contributed by atoms with Crippen LogP contribution in [0, 0.1) is 10.1 Å². The van der Waals surface area contributed by atoms with Crippen LogP contribution in [-0.2, 0) is 9.53 Å². The lowest BCUT2D eigenvalue weighted by atomic mass is 10.1. The highest BCUT2D eigenvalue weighted by atomic mass is 32.1. The number of carbonyl (C=O) groups is 1. The van der Waals surface area contributed by atoms with E-state index < -0.39 is 4.92 Å². The van der Waals surface area contributed by atoms with Gasteiger partial charge < -0.3 is 15.0 Å². The predicted molar refractivity (Wildman–Crippen MR) is 113 cm³/mol. The Morgan fingerprint density at radius 2 is 2.03 bits per heavy atom. The van der Waals surface area contributed by atoms with Crippen molar-refractivity contribution in [1.82, 2.24) is 4.98 Å². The van der Waals surface area contributed by atoms with Crippen molar-refractivity contribution in [2.45, 2.75) is 0 Å². The van der Waals surface area contributed by atoms with Crippen molar-refractivity contribution in [1.29, 1.82) is 0 Å². The molecule has 2 heterocycles. The highest BCUT2D eigenvalue weighted by Crippen LogP contribution is 2.31. The van der Waals surface area contributed by atoms with Gasteiger partial charge in [-0.05, 0) is 30.3 Å². The third kappa shape index (κ3) is 4.41. The van der Waals surface area contributed by atoms with Gasteiger partial charge in [-0.3, -0.25) is 14.9 Å². The van der Waals surface area contributed by atoms with Crippen molar-refractivity contribution < 1.29 is 14.5 Å². The number of nitrogens with one attached hydrogen (secondary N) is 1. The first kappa shape index (κ1) is 19.0. The summed E-state index contributed by atoms with van der Waals surface area (Å²) in [6, 6.07) is 11.8. The zero-order valence-electron chi connectivity index (χ0n) is 15.4. The van der Waals surface area contributed by atoms with Gasteiger partial charge in [0, 0.05) is 30.9 Å². The number of rotatable bonds is 5. The van der Waals surface area contributed by atoms with Gasteiger partial charge in [-0.25, -0.2) is 4.98 Å². The summed E-state index contributed by atoms with van der Waals surface area (Å²) >= 11 is 1.58. The van der Waals surface area contributed by atoms with Crippen molar-refractivity contribution in [2.24, 2.45) is 0 Å². The Hall–Kier alpha value is -3.30. The molecule has 1 fully saturated rings. The summed E-state index contributed by atoms with van der Waals surface area (Å²) in [6.45, 7) is 3.03. The molecule has 3 aromatic rings. The summed E-state index contributed by atoms with van der Waals surface area (Å²) in [5.41, 5.74) is 1.86. The molecule has 2 aromatic carbocycles. The average molecular weight is 410 g/mol. The standard InChI is InChI=1S/C20H18N4O4S/c25-19(8-5-14-3-1-2-4-17(14)24(26)27)21-15-6-7-16-18(13-15)29-20(22-16)23-9-11-28-12-10-23/h1-8,13H,9-12H2,(H,21,25)/b8-5+. The Morgan fingerprint density at radius 3 is 2.83 bits per heavy atom. The van der Waals surface area contributed by atoms with E-state index in [0.717, 1.165) is 28.4 Å². The van der Waals surface area contributed by atoms with Gasteiger partial charge in [-0.15, -0.1) is 0 Å². The number of fused-ring (bicyclic) bond motifs is 1. The third-order valence-corrected chi connectivity index (χ3v) is 5.55. The van der Waals surface area contributed by atoms with Crippen LogP contribution in [-0.4, -0.2) is 42.1 Å². The predicted octanol–water partition coefficient (Wildman–Crippen LogP) is 3.69. The Labute approximate surface area is 170 Å². The lowest BCUT2D eigenvalue weighted by molar-refractivity contribution is -0.385. The molecule has 1 aromatic heterocycles. The first-order valence-electron chi connectivity index (χ1n) is 9.06. The average Bonchev–Trinajstić information content (AvgIpc) is 3.16. The molecular weight excluding hydrogens is 392 g/mol. The number of aromatic nitrogens is 1. The summed E-state index contributed by atoms with van der Waals surface area (Å²) in [5, 5.41) is 14.8. The molecule has 1 aliphatic rings. The second-order valence-corrected chi connectivity index (χ2v) is 7.43. The number of anilines is 2. The molecule has 29 heavy (non-hydrogen) atoms. The molecule has 9 heteroatoms. The maximum Gasteiger partial charge on any atom is 0.276 e. The lowest BCUT2D eigenvalue weighted by Crippen LogP contribution is -2.36. The van der Waals surface area contributed by atoms with Crippen LogP contribution >= 0.6 is 11.3 Å². The van der Waals surface area contributed by atoms with Crippen molar-refractivity contribution in [2.75, 3.05) is 36.5 Å². The van der Waals surface area contributed by atoms with Gasteiger partial charge in [-0.2, -0.15) is 0 Å². The van der Waals surface area contributed by atoms with Gasteiger partial charge in [-0.1, -0.05) is 23.5 Å². The van der Waals surface area contributed by atoms with Gasteiger partial charge in [0.25, 0.3) is 5.69 Å². The normalized spacial score (nSPS) is 14.4. The van der Waals surface area contributed by atoms with E-state index in [2.05, 4.69) is 15.2 Å². The Balaban J connectivity index is 1.47. The van der Waals surface area contributed by atoms with Crippen molar-refractivity contribution in [3.8, 4) is 0 Å². The van der Waals surface area contributed by atoms with E-state index in [9.17, 15) is 14.9 Å². The quantitative estimate of drug-likeness (QED) is 0.391. The molecule has 0 radical (unpaired) electrons. The molecule has 0 saturated carbocycles. The molecule has 1 N–H and O–H groups in total. The van der Waals surface area contributed by atoms with Gasteiger partial charge in [0.05, 0.1) is 33.9 Å².